The van der Waals surface area contributed by atoms with Crippen LogP contribution in [0.15, 0.2) is 42.5 Å². The number of hydrogen-bond acceptors (Lipinski definition) is 6. The summed E-state index contributed by atoms with van der Waals surface area (Å²) in [6.45, 7) is 0. The average molecular weight is 325 g/mol. The van der Waals surface area contributed by atoms with Crippen molar-refractivity contribution in [2.45, 2.75) is 0 Å². The van der Waals surface area contributed by atoms with Gasteiger partial charge in [0.05, 0.1) is 29.5 Å². The highest BCUT2D eigenvalue weighted by Crippen LogP contribution is 2.28. The maximum absolute atomic E-state index is 12.6. The van der Waals surface area contributed by atoms with E-state index in [1.54, 1.807) is 12.1 Å². The summed E-state index contributed by atoms with van der Waals surface area (Å²) in [4.78, 5) is 37.7. The number of nitrogens with zero attached hydrogens (tertiary/aromatic N) is 1. The second kappa shape index (κ2) is 5.91. The summed E-state index contributed by atoms with van der Waals surface area (Å²) in [6.07, 6.45) is 0. The van der Waals surface area contributed by atoms with Gasteiger partial charge in [-0.05, 0) is 24.3 Å². The number of ether oxygens (including phenoxy) is 1. The third-order valence-electron chi connectivity index (χ3n) is 3.76. The molecular weight excluding hydrogens is 313 g/mol. The summed E-state index contributed by atoms with van der Waals surface area (Å²) < 4.78 is 4.62. The Morgan fingerprint density at radius 2 is 1.62 bits per heavy atom. The number of imide groups is 1. The molecule has 0 saturated heterocycles. The molecule has 8 heteroatoms. The van der Waals surface area contributed by atoms with Gasteiger partial charge < -0.3 is 14.8 Å². The molecule has 2 amide bonds. The predicted octanol–water partition coefficient (Wildman–Crippen LogP) is -0.0464. The third kappa shape index (κ3) is 2.38. The Morgan fingerprint density at radius 1 is 1.04 bits per heavy atom. The van der Waals surface area contributed by atoms with Crippen LogP contribution in [0.4, 0.5) is 5.69 Å². The van der Waals surface area contributed by atoms with E-state index in [0.29, 0.717) is 0 Å². The fourth-order valence-corrected chi connectivity index (χ4v) is 2.61. The van der Waals surface area contributed by atoms with Gasteiger partial charge in [0.1, 0.15) is 0 Å². The summed E-state index contributed by atoms with van der Waals surface area (Å²) in [7, 11) is -0.727. The molecule has 2 N–H and O–H groups in total. The summed E-state index contributed by atoms with van der Waals surface area (Å²) in [5, 5.41) is 19.1. The SMILES string of the molecule is COC(=O)c1ccc(B(O)O)c(N2C(=O)c3ccccc3C2=O)c1. The zero-order chi connectivity index (χ0) is 17.4. The molecule has 1 aliphatic heterocycles. The largest absolute Gasteiger partial charge is 0.490 e. The monoisotopic (exact) mass is 325 g/mol. The normalized spacial score (nSPS) is 13.0. The van der Waals surface area contributed by atoms with Crippen molar-refractivity contribution in [3.63, 3.8) is 0 Å². The van der Waals surface area contributed by atoms with Crippen molar-refractivity contribution < 1.29 is 29.2 Å². The molecule has 120 valence electrons. The van der Waals surface area contributed by atoms with Crippen molar-refractivity contribution >= 4 is 36.1 Å². The highest BCUT2D eigenvalue weighted by atomic mass is 16.5. The van der Waals surface area contributed by atoms with Gasteiger partial charge in [-0.3, -0.25) is 9.59 Å². The van der Waals surface area contributed by atoms with Gasteiger partial charge in [0.15, 0.2) is 0 Å². The molecule has 0 atom stereocenters. The minimum Gasteiger partial charge on any atom is -0.465 e. The van der Waals surface area contributed by atoms with Gasteiger partial charge in [0.2, 0.25) is 0 Å². The molecule has 2 aromatic carbocycles. The fraction of sp³-hybridized carbons (Fsp3) is 0.0625. The van der Waals surface area contributed by atoms with Crippen molar-refractivity contribution in [1.82, 2.24) is 0 Å². The minimum absolute atomic E-state index is 0.0703. The number of benzene rings is 2. The van der Waals surface area contributed by atoms with E-state index in [2.05, 4.69) is 4.74 Å². The molecule has 7 nitrogen and oxygen atoms in total. The first-order valence-corrected chi connectivity index (χ1v) is 7.02. The standard InChI is InChI=1S/C16H12BNO6/c1-24-16(21)9-6-7-12(17(22)23)13(8-9)18-14(19)10-4-2-3-5-11(10)15(18)20/h2-8,22-23H,1H3. The van der Waals surface area contributed by atoms with Gasteiger partial charge in [-0.1, -0.05) is 18.2 Å². The number of carbonyl (C=O) groups is 3. The highest BCUT2D eigenvalue weighted by Gasteiger charge is 2.38. The van der Waals surface area contributed by atoms with Crippen molar-refractivity contribution in [2.75, 3.05) is 12.0 Å². The molecule has 24 heavy (non-hydrogen) atoms. The van der Waals surface area contributed by atoms with Gasteiger partial charge in [-0.2, -0.15) is 0 Å². The van der Waals surface area contributed by atoms with E-state index in [1.165, 1.54) is 37.4 Å². The number of carbonyl (C=O) groups excluding carboxylic acids is 3. The first-order valence-electron chi connectivity index (χ1n) is 7.02. The van der Waals surface area contributed by atoms with Crippen molar-refractivity contribution in [3.8, 4) is 0 Å². The topological polar surface area (TPSA) is 104 Å². The summed E-state index contributed by atoms with van der Waals surface area (Å²) in [6, 6.07) is 10.1. The van der Waals surface area contributed by atoms with Crippen molar-refractivity contribution in [2.24, 2.45) is 0 Å². The lowest BCUT2D eigenvalue weighted by molar-refractivity contribution is 0.0600. The molecule has 1 heterocycles. The smallest absolute Gasteiger partial charge is 0.465 e. The number of fused-ring (bicyclic) bond motifs is 1. The fourth-order valence-electron chi connectivity index (χ4n) is 2.61. The molecule has 3 rings (SSSR count). The van der Waals surface area contributed by atoms with E-state index in [0.717, 1.165) is 4.90 Å². The lowest BCUT2D eigenvalue weighted by atomic mass is 9.78. The molecule has 0 radical (unpaired) electrons. The van der Waals surface area contributed by atoms with Gasteiger partial charge in [0, 0.05) is 5.46 Å². The number of esters is 1. The molecule has 0 aliphatic carbocycles. The second-order valence-electron chi connectivity index (χ2n) is 5.13. The quantitative estimate of drug-likeness (QED) is 0.466. The molecule has 0 saturated carbocycles. The average Bonchev–Trinajstić information content (AvgIpc) is 2.85. The molecule has 0 fully saturated rings. The second-order valence-corrected chi connectivity index (χ2v) is 5.13. The van der Waals surface area contributed by atoms with Crippen LogP contribution in [0.25, 0.3) is 0 Å². The van der Waals surface area contributed by atoms with Crippen LogP contribution in [0.2, 0.25) is 0 Å². The first-order chi connectivity index (χ1) is 11.5. The van der Waals surface area contributed by atoms with Gasteiger partial charge in [-0.25, -0.2) is 9.69 Å². The van der Waals surface area contributed by atoms with Crippen LogP contribution in [0, 0.1) is 0 Å². The van der Waals surface area contributed by atoms with Crippen LogP contribution in [0.5, 0.6) is 0 Å². The van der Waals surface area contributed by atoms with Gasteiger partial charge in [-0.15, -0.1) is 0 Å². The minimum atomic E-state index is -1.92. The highest BCUT2D eigenvalue weighted by molar-refractivity contribution is 6.61. The Kier molecular flexibility index (Phi) is 3.92. The van der Waals surface area contributed by atoms with E-state index in [-0.39, 0.29) is 27.8 Å². The predicted molar refractivity (Wildman–Crippen MR) is 85.2 cm³/mol. The Morgan fingerprint density at radius 3 is 2.12 bits per heavy atom. The molecular formula is C16H12BNO6. The maximum atomic E-state index is 12.6. The Balaban J connectivity index is 2.17. The first kappa shape index (κ1) is 15.9. The number of anilines is 1. The van der Waals surface area contributed by atoms with E-state index in [9.17, 15) is 24.4 Å². The van der Waals surface area contributed by atoms with Gasteiger partial charge >= 0.3 is 13.1 Å². The third-order valence-corrected chi connectivity index (χ3v) is 3.76. The van der Waals surface area contributed by atoms with Crippen LogP contribution < -0.4 is 10.4 Å². The molecule has 2 aromatic rings. The summed E-state index contributed by atoms with van der Waals surface area (Å²) in [5.41, 5.74) is 0.360. The number of rotatable bonds is 3. The van der Waals surface area contributed by atoms with Crippen molar-refractivity contribution in [1.29, 1.82) is 0 Å². The Hall–Kier alpha value is -2.97. The van der Waals surface area contributed by atoms with Crippen LogP contribution in [-0.2, 0) is 4.74 Å². The van der Waals surface area contributed by atoms with Crippen LogP contribution in [0.3, 0.4) is 0 Å². The maximum Gasteiger partial charge on any atom is 0.490 e. The molecule has 0 aromatic heterocycles. The van der Waals surface area contributed by atoms with E-state index in [4.69, 9.17) is 0 Å². The summed E-state index contributed by atoms with van der Waals surface area (Å²) in [5.74, 6) is -1.87. The van der Waals surface area contributed by atoms with Gasteiger partial charge in [0.25, 0.3) is 11.8 Å². The molecule has 0 unspecified atom stereocenters. The van der Waals surface area contributed by atoms with E-state index >= 15 is 0 Å². The Bertz CT molecular complexity index is 828. The van der Waals surface area contributed by atoms with Crippen molar-refractivity contribution in [3.05, 3.63) is 59.2 Å². The molecule has 0 bridgehead atoms. The zero-order valence-corrected chi connectivity index (χ0v) is 12.6. The number of hydrogen-bond donors (Lipinski definition) is 2. The lowest BCUT2D eigenvalue weighted by Gasteiger charge is -2.19. The number of methoxy groups -OCH3 is 1. The zero-order valence-electron chi connectivity index (χ0n) is 12.6. The Labute approximate surface area is 137 Å². The van der Waals surface area contributed by atoms with E-state index in [1.807, 2.05) is 0 Å². The molecule has 1 aliphatic rings. The summed E-state index contributed by atoms with van der Waals surface area (Å²) >= 11 is 0. The lowest BCUT2D eigenvalue weighted by Crippen LogP contribution is -2.40. The molecule has 0 spiro atoms. The van der Waals surface area contributed by atoms with Crippen LogP contribution in [0.1, 0.15) is 31.1 Å². The number of amides is 2. The van der Waals surface area contributed by atoms with Crippen LogP contribution >= 0.6 is 0 Å². The van der Waals surface area contributed by atoms with E-state index < -0.39 is 24.9 Å². The van der Waals surface area contributed by atoms with Crippen LogP contribution in [-0.4, -0.2) is 42.1 Å².